The molecular formula is C33H47ClN3O9P. The van der Waals surface area contributed by atoms with E-state index in [0.29, 0.717) is 23.4 Å². The second-order valence-electron chi connectivity index (χ2n) is 11.3. The predicted molar refractivity (Wildman–Crippen MR) is 178 cm³/mol. The number of halogens is 1. The van der Waals surface area contributed by atoms with Crippen LogP contribution in [0.3, 0.4) is 0 Å². The van der Waals surface area contributed by atoms with Gasteiger partial charge in [0, 0.05) is 11.6 Å². The van der Waals surface area contributed by atoms with Crippen LogP contribution in [0.15, 0.2) is 54.6 Å². The average Bonchev–Trinajstić information content (AvgIpc) is 3.06. The third-order valence-corrected chi connectivity index (χ3v) is 10.2. The van der Waals surface area contributed by atoms with E-state index in [1.165, 1.54) is 0 Å². The minimum Gasteiger partial charge on any atom is -0.447 e. The second kappa shape index (κ2) is 20.3. The number of rotatable bonds is 18. The van der Waals surface area contributed by atoms with Crippen molar-refractivity contribution in [3.8, 4) is 0 Å². The molecule has 2 unspecified atom stereocenters. The number of nitrogens with one attached hydrogen (secondary N) is 3. The van der Waals surface area contributed by atoms with Crippen LogP contribution in [0.4, 0.5) is 9.59 Å². The first-order valence-corrected chi connectivity index (χ1v) is 18.1. The first kappa shape index (κ1) is 38.3. The number of ether oxygens (including phenoxy) is 2. The molecule has 0 spiro atoms. The molecular weight excluding hydrogens is 649 g/mol. The van der Waals surface area contributed by atoms with Gasteiger partial charge in [-0.05, 0) is 55.9 Å². The highest BCUT2D eigenvalue weighted by molar-refractivity contribution is 7.54. The molecule has 3 rings (SSSR count). The fourth-order valence-electron chi connectivity index (χ4n) is 5.37. The molecule has 4 N–H and O–H groups in total. The van der Waals surface area contributed by atoms with Crippen molar-refractivity contribution in [2.24, 2.45) is 5.92 Å². The molecule has 0 saturated heterocycles. The van der Waals surface area contributed by atoms with E-state index in [9.17, 15) is 24.1 Å². The molecule has 0 bridgehead atoms. The number of carbonyl (C=O) groups is 3. The average molecular weight is 696 g/mol. The largest absolute Gasteiger partial charge is 0.447 e. The number of benzene rings is 2. The summed E-state index contributed by atoms with van der Waals surface area (Å²) in [4.78, 5) is 39.2. The van der Waals surface area contributed by atoms with Gasteiger partial charge in [-0.3, -0.25) is 9.36 Å². The zero-order chi connectivity index (χ0) is 34.1. The van der Waals surface area contributed by atoms with Crippen molar-refractivity contribution >= 4 is 37.3 Å². The molecule has 1 aliphatic rings. The zero-order valence-electron chi connectivity index (χ0n) is 27.0. The Hall–Kier alpha value is -3.15. The van der Waals surface area contributed by atoms with Crippen LogP contribution in [0, 0.1) is 5.92 Å². The van der Waals surface area contributed by atoms with Gasteiger partial charge in [0.1, 0.15) is 25.3 Å². The molecule has 1 aliphatic carbocycles. The molecule has 0 aromatic heterocycles. The van der Waals surface area contributed by atoms with Gasteiger partial charge in [0.2, 0.25) is 5.91 Å². The lowest BCUT2D eigenvalue weighted by Crippen LogP contribution is -2.55. The Bertz CT molecular complexity index is 1300. The summed E-state index contributed by atoms with van der Waals surface area (Å²) in [5, 5.41) is 19.6. The minimum absolute atomic E-state index is 0.0415. The topological polar surface area (TPSA) is 162 Å². The minimum atomic E-state index is -4.18. The molecule has 2 aromatic carbocycles. The van der Waals surface area contributed by atoms with Crippen LogP contribution in [0.25, 0.3) is 0 Å². The van der Waals surface area contributed by atoms with Gasteiger partial charge in [0.25, 0.3) is 0 Å². The summed E-state index contributed by atoms with van der Waals surface area (Å²) in [5.74, 6) is -2.39. The Morgan fingerprint density at radius 3 is 2.26 bits per heavy atom. The van der Waals surface area contributed by atoms with E-state index in [1.807, 2.05) is 30.3 Å². The summed E-state index contributed by atoms with van der Waals surface area (Å²) in [7, 11) is -4.18. The Morgan fingerprint density at radius 2 is 1.60 bits per heavy atom. The summed E-state index contributed by atoms with van der Waals surface area (Å²) in [6.07, 6.45) is 4.18. The number of hydrogen-bond acceptors (Lipinski definition) is 9. The van der Waals surface area contributed by atoms with E-state index in [1.54, 1.807) is 38.1 Å². The molecule has 260 valence electrons. The Kier molecular flexibility index (Phi) is 16.5. The summed E-state index contributed by atoms with van der Waals surface area (Å²) in [6, 6.07) is 13.9. The van der Waals surface area contributed by atoms with E-state index in [-0.39, 0.29) is 32.3 Å². The van der Waals surface area contributed by atoms with E-state index in [4.69, 9.17) is 30.1 Å². The van der Waals surface area contributed by atoms with Crippen molar-refractivity contribution < 1.29 is 42.6 Å². The number of aliphatic hydroxyl groups is 1. The second-order valence-corrected chi connectivity index (χ2v) is 13.9. The van der Waals surface area contributed by atoms with Crippen LogP contribution < -0.4 is 16.0 Å². The number of carbonyl (C=O) groups excluding carboxylic acids is 3. The molecule has 47 heavy (non-hydrogen) atoms. The third-order valence-electron chi connectivity index (χ3n) is 7.71. The van der Waals surface area contributed by atoms with Crippen LogP contribution in [0.5, 0.6) is 0 Å². The quantitative estimate of drug-likeness (QED) is 0.138. The van der Waals surface area contributed by atoms with Gasteiger partial charge in [0.15, 0.2) is 5.85 Å². The maximum atomic E-state index is 13.8. The van der Waals surface area contributed by atoms with E-state index < -0.39 is 50.2 Å². The van der Waals surface area contributed by atoms with Gasteiger partial charge in [-0.25, -0.2) is 9.59 Å². The molecule has 12 nitrogen and oxygen atoms in total. The number of hydrogen-bond donors (Lipinski definition) is 4. The van der Waals surface area contributed by atoms with Crippen molar-refractivity contribution in [2.45, 2.75) is 83.3 Å². The molecule has 3 atom stereocenters. The fourth-order valence-corrected chi connectivity index (χ4v) is 7.29. The number of amides is 3. The Morgan fingerprint density at radius 1 is 0.915 bits per heavy atom. The van der Waals surface area contributed by atoms with Crippen molar-refractivity contribution in [3.05, 3.63) is 70.7 Å². The zero-order valence-corrected chi connectivity index (χ0v) is 28.7. The van der Waals surface area contributed by atoms with Crippen molar-refractivity contribution in [1.82, 2.24) is 16.0 Å². The molecule has 3 amide bonds. The lowest BCUT2D eigenvalue weighted by atomic mass is 9.84. The van der Waals surface area contributed by atoms with E-state index in [0.717, 1.165) is 37.7 Å². The fraction of sp³-hybridized carbons (Fsp3) is 0.545. The first-order valence-electron chi connectivity index (χ1n) is 16.1. The SMILES string of the molecule is CCOP(=O)(OCC)C(O)C(COC(=O)NCCc1ccccc1)NC(=O)[C@H](CC1CCCCC1)NC(=O)OCc1cccc(Cl)c1. The van der Waals surface area contributed by atoms with E-state index >= 15 is 0 Å². The van der Waals surface area contributed by atoms with Gasteiger partial charge in [0.05, 0.1) is 13.2 Å². The van der Waals surface area contributed by atoms with Crippen molar-refractivity contribution in [3.63, 3.8) is 0 Å². The van der Waals surface area contributed by atoms with Crippen LogP contribution in [0.2, 0.25) is 5.02 Å². The molecule has 1 fully saturated rings. The third kappa shape index (κ3) is 13.5. The lowest BCUT2D eigenvalue weighted by Gasteiger charge is -2.31. The Balaban J connectivity index is 1.72. The summed E-state index contributed by atoms with van der Waals surface area (Å²) in [6.45, 7) is 2.75. The smallest absolute Gasteiger partial charge is 0.408 e. The predicted octanol–water partition coefficient (Wildman–Crippen LogP) is 5.94. The summed E-state index contributed by atoms with van der Waals surface area (Å²) >= 11 is 6.03. The van der Waals surface area contributed by atoms with Crippen LogP contribution in [0.1, 0.15) is 63.5 Å². The highest BCUT2D eigenvalue weighted by atomic mass is 35.5. The Labute approximate surface area is 281 Å². The molecule has 0 heterocycles. The molecule has 14 heteroatoms. The van der Waals surface area contributed by atoms with Crippen molar-refractivity contribution in [1.29, 1.82) is 0 Å². The first-order chi connectivity index (χ1) is 22.6. The summed E-state index contributed by atoms with van der Waals surface area (Å²) in [5.41, 5.74) is 1.69. The van der Waals surface area contributed by atoms with Gasteiger partial charge >= 0.3 is 19.8 Å². The lowest BCUT2D eigenvalue weighted by molar-refractivity contribution is -0.125. The highest BCUT2D eigenvalue weighted by Crippen LogP contribution is 2.53. The van der Waals surface area contributed by atoms with E-state index in [2.05, 4.69) is 16.0 Å². The number of alkyl carbamates (subject to hydrolysis) is 2. The molecule has 0 aliphatic heterocycles. The standard InChI is InChI=1S/C33H47ClN3O9P/c1-3-45-47(42,46-4-2)31(39)29(23-44-32(40)35-19-18-24-12-7-5-8-13-24)36-30(38)28(21-25-14-9-6-10-15-25)37-33(41)43-22-26-16-11-17-27(34)20-26/h5,7-8,11-13,16-17,20,25,28-29,31,39H,3-4,6,9-10,14-15,18-19,21-23H2,1-2H3,(H,35,40)(H,36,38)(H,37,41)/t28-,29?,31?/m0/s1. The molecule has 2 aromatic rings. The highest BCUT2D eigenvalue weighted by Gasteiger charge is 2.42. The van der Waals surface area contributed by atoms with Gasteiger partial charge < -0.3 is 39.6 Å². The van der Waals surface area contributed by atoms with Gasteiger partial charge in [-0.1, -0.05) is 86.2 Å². The van der Waals surface area contributed by atoms with Crippen LogP contribution in [-0.4, -0.2) is 67.5 Å². The molecule has 1 saturated carbocycles. The molecule has 0 radical (unpaired) electrons. The normalized spacial score (nSPS) is 15.6. The maximum Gasteiger partial charge on any atom is 0.408 e. The van der Waals surface area contributed by atoms with Crippen molar-refractivity contribution in [2.75, 3.05) is 26.4 Å². The monoisotopic (exact) mass is 695 g/mol. The van der Waals surface area contributed by atoms with Gasteiger partial charge in [-0.2, -0.15) is 0 Å². The maximum absolute atomic E-state index is 13.8. The number of aliphatic hydroxyl groups excluding tert-OH is 1. The van der Waals surface area contributed by atoms with Crippen LogP contribution >= 0.6 is 19.2 Å². The van der Waals surface area contributed by atoms with Gasteiger partial charge in [-0.15, -0.1) is 0 Å². The summed E-state index contributed by atoms with van der Waals surface area (Å²) < 4.78 is 34.9. The van der Waals surface area contributed by atoms with Crippen LogP contribution in [-0.2, 0) is 40.9 Å².